The van der Waals surface area contributed by atoms with Crippen LogP contribution in [0, 0.1) is 5.92 Å². The molecule has 1 N–H and O–H groups in total. The number of aryl methyl sites for hydroxylation is 2. The summed E-state index contributed by atoms with van der Waals surface area (Å²) in [5.41, 5.74) is 1.16. The maximum atomic E-state index is 12.5. The van der Waals surface area contributed by atoms with Gasteiger partial charge < -0.3 is 19.5 Å². The zero-order chi connectivity index (χ0) is 22.7. The number of nitrogens with one attached hydrogen (secondary N) is 1. The minimum Gasteiger partial charge on any atom is -0.449 e. The average molecular weight is 479 g/mol. The van der Waals surface area contributed by atoms with E-state index in [9.17, 15) is 14.4 Å². The van der Waals surface area contributed by atoms with Crippen molar-refractivity contribution in [3.63, 3.8) is 0 Å². The zero-order valence-electron chi connectivity index (χ0n) is 18.6. The molecule has 0 radical (unpaired) electrons. The number of piperazine rings is 1. The van der Waals surface area contributed by atoms with Gasteiger partial charge in [0.1, 0.15) is 10.7 Å². The van der Waals surface area contributed by atoms with Crippen LogP contribution < -0.4 is 5.56 Å². The molecule has 10 heteroatoms. The quantitative estimate of drug-likeness (QED) is 0.615. The number of ether oxygens (including phenoxy) is 1. The molecule has 32 heavy (non-hydrogen) atoms. The number of aromatic nitrogens is 2. The van der Waals surface area contributed by atoms with Gasteiger partial charge in [-0.05, 0) is 30.7 Å². The number of carbonyl (C=O) groups is 2. The Balaban J connectivity index is 1.20. The topological polar surface area (TPSA) is 95.6 Å². The number of hydrogen-bond acceptors (Lipinski definition) is 7. The van der Waals surface area contributed by atoms with Gasteiger partial charge in [0.15, 0.2) is 0 Å². The predicted molar refractivity (Wildman–Crippen MR) is 127 cm³/mol. The minimum absolute atomic E-state index is 0.0362. The second kappa shape index (κ2) is 10.2. The Bertz CT molecular complexity index is 1040. The molecule has 8 nitrogen and oxygen atoms in total. The van der Waals surface area contributed by atoms with Crippen molar-refractivity contribution < 1.29 is 14.3 Å². The number of thiophene rings is 1. The Morgan fingerprint density at radius 1 is 1.19 bits per heavy atom. The number of nitrogens with zero attached hydrogens (tertiary/aromatic N) is 3. The number of rotatable bonds is 7. The number of H-pyrrole nitrogens is 1. The van der Waals surface area contributed by atoms with E-state index in [1.54, 1.807) is 28.0 Å². The summed E-state index contributed by atoms with van der Waals surface area (Å²) in [4.78, 5) is 50.3. The average Bonchev–Trinajstić information content (AvgIpc) is 3.36. The van der Waals surface area contributed by atoms with E-state index < -0.39 is 0 Å². The first kappa shape index (κ1) is 23.1. The lowest BCUT2D eigenvalue weighted by Crippen LogP contribution is -2.50. The monoisotopic (exact) mass is 478 g/mol. The van der Waals surface area contributed by atoms with Crippen molar-refractivity contribution in [1.29, 1.82) is 0 Å². The first-order valence-corrected chi connectivity index (χ1v) is 13.2. The van der Waals surface area contributed by atoms with E-state index in [4.69, 9.17) is 4.74 Å². The van der Waals surface area contributed by atoms with E-state index in [0.717, 1.165) is 29.5 Å². The summed E-state index contributed by atoms with van der Waals surface area (Å²) in [5.74, 6) is 2.32. The van der Waals surface area contributed by atoms with Crippen LogP contribution in [-0.4, -0.2) is 70.3 Å². The number of hydrogen-bond donors (Lipinski definition) is 1. The lowest BCUT2D eigenvalue weighted by Gasteiger charge is -2.34. The summed E-state index contributed by atoms with van der Waals surface area (Å²) in [6.45, 7) is 6.50. The van der Waals surface area contributed by atoms with E-state index in [1.807, 2.05) is 18.7 Å². The molecule has 0 aromatic carbocycles. The van der Waals surface area contributed by atoms with Crippen molar-refractivity contribution in [3.8, 4) is 0 Å². The smallest absolute Gasteiger partial charge is 0.409 e. The number of amides is 2. The summed E-state index contributed by atoms with van der Waals surface area (Å²) in [6.07, 6.45) is 3.29. The van der Waals surface area contributed by atoms with Crippen LogP contribution in [0.3, 0.4) is 0 Å². The summed E-state index contributed by atoms with van der Waals surface area (Å²) in [7, 11) is 0. The molecule has 2 aromatic rings. The lowest BCUT2D eigenvalue weighted by molar-refractivity contribution is -0.132. The zero-order valence-corrected chi connectivity index (χ0v) is 20.3. The van der Waals surface area contributed by atoms with Crippen molar-refractivity contribution in [2.24, 2.45) is 5.92 Å². The minimum atomic E-state index is -0.296. The molecular formula is C22H30N4O4S2. The van der Waals surface area contributed by atoms with Crippen LogP contribution in [0.15, 0.2) is 4.79 Å². The molecule has 174 valence electrons. The Morgan fingerprint density at radius 2 is 1.94 bits per heavy atom. The predicted octanol–water partition coefficient (Wildman–Crippen LogP) is 3.03. The standard InChI is InChI=1S/C22H30N4O4S2/c1-14(2)12-30-22(29)26-9-7-25(8-10-26)18(27)6-11-31-13-17-23-20(28)19-15-4-3-5-16(15)32-21(19)24-17/h14H,3-13H2,1-2H3,(H,23,24,28). The van der Waals surface area contributed by atoms with E-state index in [2.05, 4.69) is 9.97 Å². The van der Waals surface area contributed by atoms with E-state index in [1.165, 1.54) is 10.4 Å². The maximum absolute atomic E-state index is 12.5. The number of carbonyl (C=O) groups excluding carboxylic acids is 2. The third kappa shape index (κ3) is 5.28. The number of fused-ring (bicyclic) bond motifs is 3. The van der Waals surface area contributed by atoms with Crippen LogP contribution in [0.2, 0.25) is 0 Å². The molecule has 1 aliphatic heterocycles. The van der Waals surface area contributed by atoms with Crippen LogP contribution in [0.1, 0.15) is 43.0 Å². The first-order chi connectivity index (χ1) is 15.4. The van der Waals surface area contributed by atoms with Gasteiger partial charge in [-0.1, -0.05) is 13.8 Å². The maximum Gasteiger partial charge on any atom is 0.409 e. The molecule has 1 aliphatic carbocycles. The highest BCUT2D eigenvalue weighted by Crippen LogP contribution is 2.34. The van der Waals surface area contributed by atoms with Crippen molar-refractivity contribution in [2.75, 3.05) is 38.5 Å². The van der Waals surface area contributed by atoms with Gasteiger partial charge in [0.25, 0.3) is 5.56 Å². The highest BCUT2D eigenvalue weighted by Gasteiger charge is 2.25. The second-order valence-corrected chi connectivity index (χ2v) is 10.9. The molecule has 4 rings (SSSR count). The number of aromatic amines is 1. The van der Waals surface area contributed by atoms with Crippen molar-refractivity contribution in [3.05, 3.63) is 26.6 Å². The molecule has 0 unspecified atom stereocenters. The Morgan fingerprint density at radius 3 is 2.69 bits per heavy atom. The van der Waals surface area contributed by atoms with Gasteiger partial charge in [-0.3, -0.25) is 9.59 Å². The van der Waals surface area contributed by atoms with Gasteiger partial charge in [0.2, 0.25) is 5.91 Å². The molecule has 3 heterocycles. The van der Waals surface area contributed by atoms with Gasteiger partial charge in [0.05, 0.1) is 17.7 Å². The van der Waals surface area contributed by atoms with Crippen LogP contribution in [0.25, 0.3) is 10.2 Å². The van der Waals surface area contributed by atoms with Gasteiger partial charge in [-0.25, -0.2) is 9.78 Å². The fraction of sp³-hybridized carbons (Fsp3) is 0.636. The Hall–Kier alpha value is -2.07. The molecule has 2 aromatic heterocycles. The third-order valence-corrected chi connectivity index (χ3v) is 7.91. The van der Waals surface area contributed by atoms with Crippen LogP contribution in [0.4, 0.5) is 4.79 Å². The SMILES string of the molecule is CC(C)COC(=O)N1CCN(C(=O)CCSCc2nc3sc4c(c3c(=O)[nH]2)CCC4)CC1. The van der Waals surface area contributed by atoms with E-state index in [0.29, 0.717) is 62.5 Å². The van der Waals surface area contributed by atoms with Gasteiger partial charge in [-0.2, -0.15) is 11.8 Å². The van der Waals surface area contributed by atoms with Crippen molar-refractivity contribution in [2.45, 2.75) is 45.3 Å². The number of thioether (sulfide) groups is 1. The van der Waals surface area contributed by atoms with Crippen molar-refractivity contribution in [1.82, 2.24) is 19.8 Å². The van der Waals surface area contributed by atoms with Crippen LogP contribution >= 0.6 is 23.1 Å². The highest BCUT2D eigenvalue weighted by atomic mass is 32.2. The molecular weight excluding hydrogens is 448 g/mol. The summed E-state index contributed by atoms with van der Waals surface area (Å²) in [6, 6.07) is 0. The van der Waals surface area contributed by atoms with Crippen LogP contribution in [-0.2, 0) is 28.1 Å². The lowest BCUT2D eigenvalue weighted by atomic mass is 10.2. The first-order valence-electron chi connectivity index (χ1n) is 11.2. The van der Waals surface area contributed by atoms with Gasteiger partial charge >= 0.3 is 6.09 Å². The molecule has 1 fully saturated rings. The molecule has 0 spiro atoms. The second-order valence-electron chi connectivity index (χ2n) is 8.69. The largest absolute Gasteiger partial charge is 0.449 e. The molecule has 0 saturated carbocycles. The molecule has 2 amide bonds. The van der Waals surface area contributed by atoms with E-state index >= 15 is 0 Å². The fourth-order valence-corrected chi connectivity index (χ4v) is 6.14. The third-order valence-electron chi connectivity index (χ3n) is 5.75. The fourth-order valence-electron chi connectivity index (χ4n) is 4.07. The van der Waals surface area contributed by atoms with Gasteiger partial charge in [-0.15, -0.1) is 11.3 Å². The summed E-state index contributed by atoms with van der Waals surface area (Å²) >= 11 is 3.25. The Kier molecular flexibility index (Phi) is 7.40. The Labute approximate surface area is 195 Å². The van der Waals surface area contributed by atoms with Crippen molar-refractivity contribution >= 4 is 45.3 Å². The van der Waals surface area contributed by atoms with E-state index in [-0.39, 0.29) is 17.6 Å². The molecule has 0 atom stereocenters. The normalized spacial score (nSPS) is 16.1. The van der Waals surface area contributed by atoms with Crippen LogP contribution in [0.5, 0.6) is 0 Å². The molecule has 0 bridgehead atoms. The summed E-state index contributed by atoms with van der Waals surface area (Å²) in [5, 5.41) is 0.777. The molecule has 1 saturated heterocycles. The summed E-state index contributed by atoms with van der Waals surface area (Å²) < 4.78 is 5.26. The van der Waals surface area contributed by atoms with Gasteiger partial charge in [0, 0.05) is 43.2 Å². The highest BCUT2D eigenvalue weighted by molar-refractivity contribution is 7.98. The molecule has 2 aliphatic rings.